The topological polar surface area (TPSA) is 138 Å². The van der Waals surface area contributed by atoms with E-state index in [4.69, 9.17) is 10.1 Å². The third kappa shape index (κ3) is 1.97. The zero-order valence-electron chi connectivity index (χ0n) is 11.2. The Balaban J connectivity index is 1.93. The molecule has 1 saturated heterocycles. The number of hydrogen-bond acceptors (Lipinski definition) is 7. The molecule has 0 spiro atoms. The third-order valence-electron chi connectivity index (χ3n) is 3.92. The van der Waals surface area contributed by atoms with E-state index >= 15 is 0 Å². The minimum atomic E-state index is -1.66. The summed E-state index contributed by atoms with van der Waals surface area (Å²) in [6, 6.07) is 0. The summed E-state index contributed by atoms with van der Waals surface area (Å²) in [4.78, 5) is 17.2. The summed E-state index contributed by atoms with van der Waals surface area (Å²) in [5, 5.41) is 39.4. The van der Waals surface area contributed by atoms with E-state index in [-0.39, 0.29) is 17.7 Å². The lowest BCUT2D eigenvalue weighted by atomic mass is 9.96. The lowest BCUT2D eigenvalue weighted by Crippen LogP contribution is -2.55. The van der Waals surface area contributed by atoms with E-state index < -0.39 is 36.6 Å². The summed E-state index contributed by atoms with van der Waals surface area (Å²) in [6.45, 7) is 0.936. The maximum Gasteiger partial charge on any atom is 0.241 e. The van der Waals surface area contributed by atoms with Crippen molar-refractivity contribution >= 4 is 17.7 Å². The summed E-state index contributed by atoms with van der Waals surface area (Å²) in [7, 11) is 0. The van der Waals surface area contributed by atoms with Gasteiger partial charge in [-0.15, -0.1) is 0 Å². The van der Waals surface area contributed by atoms with Gasteiger partial charge in [0.1, 0.15) is 29.6 Å². The van der Waals surface area contributed by atoms with Crippen LogP contribution in [0.4, 0.5) is 0 Å². The number of aliphatic imine (C=N–C) groups is 1. The number of amidine groups is 1. The van der Waals surface area contributed by atoms with Crippen LogP contribution in [0, 0.1) is 11.3 Å². The molecular formula is C12H16N4O5. The molecule has 3 rings (SSSR count). The molecule has 1 fully saturated rings. The largest absolute Gasteiger partial charge is 0.394 e. The highest BCUT2D eigenvalue weighted by molar-refractivity contribution is 6.18. The quantitative estimate of drug-likeness (QED) is 0.389. The fraction of sp³-hybridized carbons (Fsp3) is 0.583. The van der Waals surface area contributed by atoms with Crippen molar-refractivity contribution in [2.75, 3.05) is 6.61 Å². The van der Waals surface area contributed by atoms with Gasteiger partial charge in [0.25, 0.3) is 0 Å². The summed E-state index contributed by atoms with van der Waals surface area (Å²) in [5.74, 6) is -1.10. The lowest BCUT2D eigenvalue weighted by molar-refractivity contribution is -0.121. The molecule has 0 bridgehead atoms. The number of aliphatic hydroxyl groups is 3. The highest BCUT2D eigenvalue weighted by Crippen LogP contribution is 2.36. The summed E-state index contributed by atoms with van der Waals surface area (Å²) in [5.41, 5.74) is -1.66. The Labute approximate surface area is 120 Å². The third-order valence-corrected chi connectivity index (χ3v) is 3.92. The van der Waals surface area contributed by atoms with Crippen LogP contribution < -0.4 is 5.32 Å². The normalized spacial score (nSPS) is 42.1. The van der Waals surface area contributed by atoms with Gasteiger partial charge >= 0.3 is 0 Å². The zero-order chi connectivity index (χ0) is 15.4. The van der Waals surface area contributed by atoms with Gasteiger partial charge in [0.15, 0.2) is 6.23 Å². The Bertz CT molecular complexity index is 558. The van der Waals surface area contributed by atoms with Crippen molar-refractivity contribution < 1.29 is 24.9 Å². The van der Waals surface area contributed by atoms with Gasteiger partial charge < -0.3 is 25.0 Å². The average Bonchev–Trinajstić information content (AvgIpc) is 2.91. The van der Waals surface area contributed by atoms with E-state index in [1.165, 1.54) is 18.0 Å². The molecule has 9 nitrogen and oxygen atoms in total. The first-order valence-corrected chi connectivity index (χ1v) is 6.47. The van der Waals surface area contributed by atoms with E-state index in [1.807, 2.05) is 0 Å². The molecule has 1 amide bonds. The van der Waals surface area contributed by atoms with Gasteiger partial charge in [0.05, 0.1) is 6.61 Å². The first-order valence-electron chi connectivity index (χ1n) is 6.47. The lowest BCUT2D eigenvalue weighted by Gasteiger charge is -2.34. The van der Waals surface area contributed by atoms with Crippen LogP contribution in [0.5, 0.6) is 0 Å². The van der Waals surface area contributed by atoms with Crippen molar-refractivity contribution in [3.63, 3.8) is 0 Å². The molecule has 0 aromatic rings. The van der Waals surface area contributed by atoms with E-state index in [2.05, 4.69) is 10.3 Å². The van der Waals surface area contributed by atoms with E-state index in [0.717, 1.165) is 0 Å². The first kappa shape index (κ1) is 14.1. The molecule has 3 heterocycles. The van der Waals surface area contributed by atoms with Crippen molar-refractivity contribution in [3.05, 3.63) is 12.3 Å². The molecule has 5 N–H and O–H groups in total. The Morgan fingerprint density at radius 1 is 1.62 bits per heavy atom. The molecule has 0 radical (unpaired) electrons. The standard InChI is InChI=1S/C12H16N4O5/c1-12(20)7(18)6(4-17)21-10(12)16-3-2-5-8(16)14-11(13)15-9(5)19/h2-3,5-7,10,17-18,20H,4H2,1H3,(H2,13,15,19)/t5?,6-,7-,10-,12-/m1/s1. The van der Waals surface area contributed by atoms with Crippen LogP contribution in [0.2, 0.25) is 0 Å². The second kappa shape index (κ2) is 4.60. The van der Waals surface area contributed by atoms with Crippen LogP contribution in [0.1, 0.15) is 6.92 Å². The highest BCUT2D eigenvalue weighted by atomic mass is 16.6. The van der Waals surface area contributed by atoms with Crippen LogP contribution in [0.25, 0.3) is 0 Å². The molecular weight excluding hydrogens is 280 g/mol. The molecule has 0 aromatic carbocycles. The maximum absolute atomic E-state index is 11.8. The van der Waals surface area contributed by atoms with Crippen LogP contribution in [-0.2, 0) is 9.53 Å². The number of hydrogen-bond donors (Lipinski definition) is 5. The van der Waals surface area contributed by atoms with Gasteiger partial charge in [-0.1, -0.05) is 0 Å². The first-order chi connectivity index (χ1) is 9.86. The van der Waals surface area contributed by atoms with Gasteiger partial charge in [-0.05, 0) is 13.0 Å². The summed E-state index contributed by atoms with van der Waals surface area (Å²) in [6.07, 6.45) is -0.137. The molecule has 5 atom stereocenters. The molecule has 114 valence electrons. The van der Waals surface area contributed by atoms with Gasteiger partial charge in [0.2, 0.25) is 11.9 Å². The Morgan fingerprint density at radius 2 is 2.33 bits per heavy atom. The summed E-state index contributed by atoms with van der Waals surface area (Å²) >= 11 is 0. The monoisotopic (exact) mass is 296 g/mol. The van der Waals surface area contributed by atoms with E-state index in [9.17, 15) is 20.1 Å². The molecule has 21 heavy (non-hydrogen) atoms. The maximum atomic E-state index is 11.8. The molecule has 0 aromatic heterocycles. The fourth-order valence-corrected chi connectivity index (χ4v) is 2.76. The van der Waals surface area contributed by atoms with Crippen LogP contribution in [-0.4, -0.2) is 68.6 Å². The average molecular weight is 296 g/mol. The second-order valence-electron chi connectivity index (χ2n) is 5.41. The minimum absolute atomic E-state index is 0.250. The number of aliphatic hydroxyl groups excluding tert-OH is 2. The molecule has 1 unspecified atom stereocenters. The smallest absolute Gasteiger partial charge is 0.241 e. The van der Waals surface area contributed by atoms with E-state index in [0.29, 0.717) is 0 Å². The molecule has 0 aliphatic carbocycles. The zero-order valence-corrected chi connectivity index (χ0v) is 11.2. The number of rotatable bonds is 2. The Hall–Kier alpha value is -1.81. The minimum Gasteiger partial charge on any atom is -0.394 e. The number of guanidine groups is 1. The van der Waals surface area contributed by atoms with Crippen molar-refractivity contribution in [1.82, 2.24) is 10.2 Å². The van der Waals surface area contributed by atoms with Gasteiger partial charge in [-0.2, -0.15) is 4.99 Å². The SMILES string of the molecule is C[C@@]1(O)[C@H](O)[C@@H](CO)O[C@H]1N1C=CC2C(=O)NC(=N)N=C21. The van der Waals surface area contributed by atoms with Crippen molar-refractivity contribution in [3.8, 4) is 0 Å². The Morgan fingerprint density at radius 3 is 2.95 bits per heavy atom. The molecule has 3 aliphatic rings. The molecule has 3 aliphatic heterocycles. The number of nitrogens with one attached hydrogen (secondary N) is 2. The fourth-order valence-electron chi connectivity index (χ4n) is 2.76. The number of nitrogens with zero attached hydrogens (tertiary/aromatic N) is 2. The second-order valence-corrected chi connectivity index (χ2v) is 5.41. The van der Waals surface area contributed by atoms with Gasteiger partial charge in [0, 0.05) is 6.20 Å². The van der Waals surface area contributed by atoms with Crippen molar-refractivity contribution in [2.24, 2.45) is 10.9 Å². The van der Waals surface area contributed by atoms with Gasteiger partial charge in [-0.3, -0.25) is 15.5 Å². The highest BCUT2D eigenvalue weighted by Gasteiger charge is 2.56. The van der Waals surface area contributed by atoms with Crippen LogP contribution >= 0.6 is 0 Å². The number of ether oxygens (including phenoxy) is 1. The molecule has 9 heteroatoms. The number of carbonyl (C=O) groups is 1. The number of amides is 1. The predicted octanol–water partition coefficient (Wildman–Crippen LogP) is -2.28. The number of fused-ring (bicyclic) bond motifs is 1. The number of carbonyl (C=O) groups excluding carboxylic acids is 1. The van der Waals surface area contributed by atoms with Crippen LogP contribution in [0.3, 0.4) is 0 Å². The molecule has 0 saturated carbocycles. The van der Waals surface area contributed by atoms with Gasteiger partial charge in [-0.25, -0.2) is 0 Å². The van der Waals surface area contributed by atoms with Crippen molar-refractivity contribution in [2.45, 2.75) is 31.0 Å². The van der Waals surface area contributed by atoms with Crippen molar-refractivity contribution in [1.29, 1.82) is 5.41 Å². The Kier molecular flexibility index (Phi) is 3.10. The van der Waals surface area contributed by atoms with Crippen LogP contribution in [0.15, 0.2) is 17.3 Å². The predicted molar refractivity (Wildman–Crippen MR) is 70.2 cm³/mol. The van der Waals surface area contributed by atoms with E-state index in [1.54, 1.807) is 6.08 Å². The summed E-state index contributed by atoms with van der Waals surface area (Å²) < 4.78 is 5.48.